The third-order valence-electron chi connectivity index (χ3n) is 3.42. The van der Waals surface area contributed by atoms with Crippen LogP contribution in [0.4, 0.5) is 17.6 Å². The van der Waals surface area contributed by atoms with E-state index in [2.05, 4.69) is 4.74 Å². The zero-order chi connectivity index (χ0) is 17.1. The average molecular weight is 326 g/mol. The minimum Gasteiger partial charge on any atom is -0.435 e. The molecule has 0 aliphatic carbocycles. The summed E-state index contributed by atoms with van der Waals surface area (Å²) in [7, 11) is 0. The van der Waals surface area contributed by atoms with E-state index in [0.717, 1.165) is 12.1 Å². The summed E-state index contributed by atoms with van der Waals surface area (Å²) in [5.41, 5.74) is 0.731. The third-order valence-corrected chi connectivity index (χ3v) is 3.42. The van der Waals surface area contributed by atoms with Crippen LogP contribution in [0.2, 0.25) is 0 Å². The average Bonchev–Trinajstić information content (AvgIpc) is 2.46. The molecule has 0 spiro atoms. The predicted octanol–water partition coefficient (Wildman–Crippen LogP) is 4.61. The maximum Gasteiger partial charge on any atom is 0.387 e. The van der Waals surface area contributed by atoms with Gasteiger partial charge in [-0.1, -0.05) is 0 Å². The van der Waals surface area contributed by atoms with Gasteiger partial charge in [-0.2, -0.15) is 8.78 Å². The van der Waals surface area contributed by atoms with Crippen molar-refractivity contribution in [2.45, 2.75) is 26.9 Å². The van der Waals surface area contributed by atoms with Crippen LogP contribution < -0.4 is 4.74 Å². The number of carbonyl (C=O) groups excluding carboxylic acids is 1. The second-order valence-corrected chi connectivity index (χ2v) is 5.14. The first kappa shape index (κ1) is 17.0. The molecule has 0 bridgehead atoms. The third kappa shape index (κ3) is 4.09. The lowest BCUT2D eigenvalue weighted by atomic mass is 10.00. The normalized spacial score (nSPS) is 10.9. The second kappa shape index (κ2) is 6.81. The Kier molecular flexibility index (Phi) is 5.03. The Morgan fingerprint density at radius 1 is 1.09 bits per heavy atom. The molecule has 122 valence electrons. The molecular weight excluding hydrogens is 312 g/mol. The molecule has 2 aromatic rings. The van der Waals surface area contributed by atoms with Crippen molar-refractivity contribution < 1.29 is 27.1 Å². The first-order valence-corrected chi connectivity index (χ1v) is 6.81. The molecule has 0 fully saturated rings. The van der Waals surface area contributed by atoms with E-state index in [1.807, 2.05) is 0 Å². The fourth-order valence-corrected chi connectivity index (χ4v) is 2.14. The number of carbonyl (C=O) groups is 1. The lowest BCUT2D eigenvalue weighted by molar-refractivity contribution is -0.0502. The van der Waals surface area contributed by atoms with Crippen molar-refractivity contribution in [3.05, 3.63) is 64.2 Å². The fraction of sp³-hybridized carbons (Fsp3) is 0.235. The lowest BCUT2D eigenvalue weighted by Gasteiger charge is -2.09. The van der Waals surface area contributed by atoms with Crippen molar-refractivity contribution in [1.29, 1.82) is 0 Å². The Hall–Kier alpha value is -2.37. The summed E-state index contributed by atoms with van der Waals surface area (Å²) in [5.74, 6) is -1.84. The van der Waals surface area contributed by atoms with Gasteiger partial charge >= 0.3 is 6.61 Å². The van der Waals surface area contributed by atoms with Gasteiger partial charge in [0.1, 0.15) is 17.4 Å². The Labute approximate surface area is 130 Å². The zero-order valence-corrected chi connectivity index (χ0v) is 12.5. The van der Waals surface area contributed by atoms with Gasteiger partial charge in [0.15, 0.2) is 5.78 Å². The molecule has 2 aromatic carbocycles. The highest BCUT2D eigenvalue weighted by Crippen LogP contribution is 2.22. The SMILES string of the molecule is Cc1cc(C(=O)Cc2cc(F)c(C)c(F)c2)ccc1OC(F)F. The van der Waals surface area contributed by atoms with Gasteiger partial charge in [0.25, 0.3) is 0 Å². The topological polar surface area (TPSA) is 26.3 Å². The molecule has 2 nitrogen and oxygen atoms in total. The molecule has 0 N–H and O–H groups in total. The van der Waals surface area contributed by atoms with Gasteiger partial charge in [0.2, 0.25) is 0 Å². The number of ketones is 1. The molecule has 0 aliphatic heterocycles. The van der Waals surface area contributed by atoms with Crippen molar-refractivity contribution in [1.82, 2.24) is 0 Å². The Morgan fingerprint density at radius 3 is 2.22 bits per heavy atom. The van der Waals surface area contributed by atoms with Crippen LogP contribution >= 0.6 is 0 Å². The summed E-state index contributed by atoms with van der Waals surface area (Å²) in [6.07, 6.45) is -0.192. The number of Topliss-reactive ketones (excluding diaryl/α,β-unsaturated/α-hetero) is 1. The van der Waals surface area contributed by atoms with Gasteiger partial charge in [-0.15, -0.1) is 0 Å². The van der Waals surface area contributed by atoms with Crippen molar-refractivity contribution in [2.75, 3.05) is 0 Å². The summed E-state index contributed by atoms with van der Waals surface area (Å²) >= 11 is 0. The summed E-state index contributed by atoms with van der Waals surface area (Å²) < 4.78 is 55.7. The monoisotopic (exact) mass is 326 g/mol. The molecule has 0 aromatic heterocycles. The molecule has 0 amide bonds. The fourth-order valence-electron chi connectivity index (χ4n) is 2.14. The van der Waals surface area contributed by atoms with Crippen LogP contribution in [-0.4, -0.2) is 12.4 Å². The highest BCUT2D eigenvalue weighted by Gasteiger charge is 2.14. The van der Waals surface area contributed by atoms with Gasteiger partial charge in [-0.25, -0.2) is 8.78 Å². The van der Waals surface area contributed by atoms with Gasteiger partial charge in [-0.05, 0) is 55.3 Å². The van der Waals surface area contributed by atoms with E-state index in [-0.39, 0.29) is 34.6 Å². The molecule has 0 saturated carbocycles. The Bertz CT molecular complexity index is 718. The van der Waals surface area contributed by atoms with Crippen LogP contribution in [0.25, 0.3) is 0 Å². The maximum absolute atomic E-state index is 13.5. The van der Waals surface area contributed by atoms with Gasteiger partial charge < -0.3 is 4.74 Å². The highest BCUT2D eigenvalue weighted by atomic mass is 19.3. The molecule has 0 unspecified atom stereocenters. The van der Waals surface area contributed by atoms with Crippen molar-refractivity contribution in [3.63, 3.8) is 0 Å². The van der Waals surface area contributed by atoms with E-state index in [4.69, 9.17) is 0 Å². The summed E-state index contributed by atoms with van der Waals surface area (Å²) in [5, 5.41) is 0. The molecule has 0 radical (unpaired) electrons. The number of hydrogen-bond acceptors (Lipinski definition) is 2. The maximum atomic E-state index is 13.5. The van der Waals surface area contributed by atoms with Crippen LogP contribution in [0.1, 0.15) is 27.0 Å². The van der Waals surface area contributed by atoms with Gasteiger partial charge in [0, 0.05) is 17.5 Å². The summed E-state index contributed by atoms with van der Waals surface area (Å²) in [4.78, 5) is 12.2. The van der Waals surface area contributed by atoms with E-state index in [1.165, 1.54) is 32.0 Å². The van der Waals surface area contributed by atoms with Gasteiger partial charge in [0.05, 0.1) is 0 Å². The number of halogens is 4. The van der Waals surface area contributed by atoms with E-state index >= 15 is 0 Å². The van der Waals surface area contributed by atoms with Crippen LogP contribution in [0, 0.1) is 25.5 Å². The molecule has 0 saturated heterocycles. The molecule has 23 heavy (non-hydrogen) atoms. The van der Waals surface area contributed by atoms with Crippen LogP contribution in [0.15, 0.2) is 30.3 Å². The predicted molar refractivity (Wildman–Crippen MR) is 76.9 cm³/mol. The van der Waals surface area contributed by atoms with Crippen LogP contribution in [0.5, 0.6) is 5.75 Å². The minimum absolute atomic E-state index is 0.0241. The molecule has 0 aliphatic rings. The van der Waals surface area contributed by atoms with Gasteiger partial charge in [-0.3, -0.25) is 4.79 Å². The number of alkyl halides is 2. The van der Waals surface area contributed by atoms with E-state index < -0.39 is 18.2 Å². The number of hydrogen-bond donors (Lipinski definition) is 0. The highest BCUT2D eigenvalue weighted by molar-refractivity contribution is 5.97. The lowest BCUT2D eigenvalue weighted by Crippen LogP contribution is -2.07. The number of benzene rings is 2. The largest absolute Gasteiger partial charge is 0.435 e. The molecule has 0 heterocycles. The molecular formula is C17H14F4O2. The number of ether oxygens (including phenoxy) is 1. The van der Waals surface area contributed by atoms with Crippen LogP contribution in [0.3, 0.4) is 0 Å². The Balaban J connectivity index is 2.19. The standard InChI is InChI=1S/C17H14F4O2/c1-9-5-12(3-4-16(9)23-17(20)21)15(22)8-11-6-13(18)10(2)14(19)7-11/h3-7,17H,8H2,1-2H3. The first-order chi connectivity index (χ1) is 10.8. The number of aryl methyl sites for hydroxylation is 1. The Morgan fingerprint density at radius 2 is 1.70 bits per heavy atom. The van der Waals surface area contributed by atoms with Crippen LogP contribution in [-0.2, 0) is 6.42 Å². The van der Waals surface area contributed by atoms with Crippen molar-refractivity contribution in [3.8, 4) is 5.75 Å². The number of rotatable bonds is 5. The second-order valence-electron chi connectivity index (χ2n) is 5.14. The van der Waals surface area contributed by atoms with Crippen molar-refractivity contribution >= 4 is 5.78 Å². The molecule has 2 rings (SSSR count). The zero-order valence-electron chi connectivity index (χ0n) is 12.5. The smallest absolute Gasteiger partial charge is 0.387 e. The first-order valence-electron chi connectivity index (χ1n) is 6.81. The summed E-state index contributed by atoms with van der Waals surface area (Å²) in [6.45, 7) is -0.116. The summed E-state index contributed by atoms with van der Waals surface area (Å²) in [6, 6.07) is 6.23. The molecule has 6 heteroatoms. The van der Waals surface area contributed by atoms with E-state index in [1.54, 1.807) is 0 Å². The van der Waals surface area contributed by atoms with Crippen molar-refractivity contribution in [2.24, 2.45) is 0 Å². The molecule has 0 atom stereocenters. The quantitative estimate of drug-likeness (QED) is 0.592. The van der Waals surface area contributed by atoms with E-state index in [9.17, 15) is 22.4 Å². The minimum atomic E-state index is -2.95. The van der Waals surface area contributed by atoms with E-state index in [0.29, 0.717) is 5.56 Å².